The minimum absolute atomic E-state index is 0.261. The molecule has 1 heteroatoms. The number of hydrogen-bond acceptors (Lipinski definition) is 1. The summed E-state index contributed by atoms with van der Waals surface area (Å²) in [5, 5.41) is 0. The van der Waals surface area contributed by atoms with Gasteiger partial charge in [-0.1, -0.05) is 68.5 Å². The fraction of sp³-hybridized carbons (Fsp3) is 0.571. The highest BCUT2D eigenvalue weighted by atomic mass is 16.1. The molecule has 0 amide bonds. The topological polar surface area (TPSA) is 17.1 Å². The number of rotatable bonds is 9. The SMILES string of the molecule is CCCC(CCC)/C(=C\C(=O)CC)Cc1cc(C)cc(C)c1. The van der Waals surface area contributed by atoms with E-state index in [0.717, 1.165) is 6.42 Å². The third-order valence-corrected chi connectivity index (χ3v) is 4.18. The van der Waals surface area contributed by atoms with Crippen molar-refractivity contribution in [1.82, 2.24) is 0 Å². The van der Waals surface area contributed by atoms with Gasteiger partial charge in [0.05, 0.1) is 0 Å². The zero-order valence-electron chi connectivity index (χ0n) is 15.0. The molecule has 0 saturated heterocycles. The molecule has 0 heterocycles. The lowest BCUT2D eigenvalue weighted by Crippen LogP contribution is -2.09. The molecule has 0 saturated carbocycles. The first-order valence-corrected chi connectivity index (χ1v) is 8.80. The van der Waals surface area contributed by atoms with E-state index >= 15 is 0 Å². The van der Waals surface area contributed by atoms with Crippen LogP contribution >= 0.6 is 0 Å². The van der Waals surface area contributed by atoms with Crippen LogP contribution in [0.5, 0.6) is 0 Å². The lowest BCUT2D eigenvalue weighted by Gasteiger charge is -2.20. The van der Waals surface area contributed by atoms with Crippen molar-refractivity contribution in [3.63, 3.8) is 0 Å². The number of carbonyl (C=O) groups excluding carboxylic acids is 1. The molecule has 0 aromatic heterocycles. The summed E-state index contributed by atoms with van der Waals surface area (Å²) in [6.07, 6.45) is 8.17. The number of aryl methyl sites for hydroxylation is 2. The third-order valence-electron chi connectivity index (χ3n) is 4.18. The van der Waals surface area contributed by atoms with Gasteiger partial charge in [0, 0.05) is 6.42 Å². The Bertz CT molecular complexity index is 484. The smallest absolute Gasteiger partial charge is 0.155 e. The Labute approximate surface area is 136 Å². The van der Waals surface area contributed by atoms with Crippen molar-refractivity contribution >= 4 is 5.78 Å². The molecule has 0 aliphatic rings. The Hall–Kier alpha value is -1.37. The molecule has 1 aromatic carbocycles. The maximum atomic E-state index is 12.0. The Balaban J connectivity index is 3.08. The van der Waals surface area contributed by atoms with Crippen molar-refractivity contribution in [2.45, 2.75) is 73.1 Å². The number of hydrogen-bond donors (Lipinski definition) is 0. The molecule has 1 aromatic rings. The van der Waals surface area contributed by atoms with Gasteiger partial charge in [-0.05, 0) is 50.7 Å². The Morgan fingerprint density at radius 3 is 2.00 bits per heavy atom. The van der Waals surface area contributed by atoms with Crippen LogP contribution < -0.4 is 0 Å². The molecule has 0 fully saturated rings. The van der Waals surface area contributed by atoms with E-state index in [-0.39, 0.29) is 5.78 Å². The van der Waals surface area contributed by atoms with Crippen LogP contribution in [0.3, 0.4) is 0 Å². The fourth-order valence-corrected chi connectivity index (χ4v) is 3.24. The fourth-order valence-electron chi connectivity index (χ4n) is 3.24. The highest BCUT2D eigenvalue weighted by Crippen LogP contribution is 2.27. The second-order valence-electron chi connectivity index (χ2n) is 6.49. The molecule has 0 spiro atoms. The molecular formula is C21H32O. The average Bonchev–Trinajstić information content (AvgIpc) is 2.45. The zero-order valence-corrected chi connectivity index (χ0v) is 15.0. The van der Waals surface area contributed by atoms with Crippen LogP contribution in [0.15, 0.2) is 29.8 Å². The summed E-state index contributed by atoms with van der Waals surface area (Å²) in [4.78, 5) is 12.0. The predicted molar refractivity (Wildman–Crippen MR) is 96.3 cm³/mol. The van der Waals surface area contributed by atoms with Crippen molar-refractivity contribution in [3.05, 3.63) is 46.5 Å². The standard InChI is InChI=1S/C21H32O/c1-6-9-19(10-7-2)20(15-21(22)8-3)14-18-12-16(4)11-17(5)13-18/h11-13,15,19H,6-10,14H2,1-5H3/b20-15-. The summed E-state index contributed by atoms with van der Waals surface area (Å²) in [5.41, 5.74) is 5.28. The predicted octanol–water partition coefficient (Wildman–Crippen LogP) is 5.97. The molecule has 0 atom stereocenters. The molecule has 0 radical (unpaired) electrons. The lowest BCUT2D eigenvalue weighted by molar-refractivity contribution is -0.114. The minimum Gasteiger partial charge on any atom is -0.295 e. The summed E-state index contributed by atoms with van der Waals surface area (Å²) in [6, 6.07) is 6.72. The van der Waals surface area contributed by atoms with Crippen molar-refractivity contribution in [2.75, 3.05) is 0 Å². The number of allylic oxidation sites excluding steroid dienone is 2. The van der Waals surface area contributed by atoms with Gasteiger partial charge in [-0.25, -0.2) is 0 Å². The van der Waals surface area contributed by atoms with Crippen LogP contribution in [0.25, 0.3) is 0 Å². The van der Waals surface area contributed by atoms with Gasteiger partial charge in [-0.15, -0.1) is 0 Å². The molecule has 1 nitrogen and oxygen atoms in total. The highest BCUT2D eigenvalue weighted by molar-refractivity contribution is 5.90. The van der Waals surface area contributed by atoms with E-state index in [1.807, 2.05) is 13.0 Å². The van der Waals surface area contributed by atoms with Gasteiger partial charge >= 0.3 is 0 Å². The lowest BCUT2D eigenvalue weighted by atomic mass is 9.85. The maximum Gasteiger partial charge on any atom is 0.155 e. The van der Waals surface area contributed by atoms with E-state index in [4.69, 9.17) is 0 Å². The molecule has 1 rings (SSSR count). The molecule has 0 unspecified atom stereocenters. The van der Waals surface area contributed by atoms with Gasteiger partial charge < -0.3 is 0 Å². The normalized spacial score (nSPS) is 12.0. The minimum atomic E-state index is 0.261. The van der Waals surface area contributed by atoms with Crippen molar-refractivity contribution < 1.29 is 4.79 Å². The summed E-state index contributed by atoms with van der Waals surface area (Å²) in [5.74, 6) is 0.808. The molecule has 0 N–H and O–H groups in total. The van der Waals surface area contributed by atoms with Crippen molar-refractivity contribution in [1.29, 1.82) is 0 Å². The van der Waals surface area contributed by atoms with Gasteiger partial charge in [-0.3, -0.25) is 4.79 Å². The maximum absolute atomic E-state index is 12.0. The van der Waals surface area contributed by atoms with E-state index in [9.17, 15) is 4.79 Å². The highest BCUT2D eigenvalue weighted by Gasteiger charge is 2.15. The summed E-state index contributed by atoms with van der Waals surface area (Å²) in [7, 11) is 0. The molecule has 22 heavy (non-hydrogen) atoms. The van der Waals surface area contributed by atoms with Gasteiger partial charge in [0.2, 0.25) is 0 Å². The molecule has 122 valence electrons. The second-order valence-corrected chi connectivity index (χ2v) is 6.49. The summed E-state index contributed by atoms with van der Waals surface area (Å²) >= 11 is 0. The summed E-state index contributed by atoms with van der Waals surface area (Å²) < 4.78 is 0. The second kappa shape index (κ2) is 9.61. The number of benzene rings is 1. The van der Waals surface area contributed by atoms with E-state index in [0.29, 0.717) is 12.3 Å². The van der Waals surface area contributed by atoms with Crippen LogP contribution in [-0.4, -0.2) is 5.78 Å². The molecular weight excluding hydrogens is 268 g/mol. The van der Waals surface area contributed by atoms with E-state index in [1.165, 1.54) is 47.9 Å². The van der Waals surface area contributed by atoms with Crippen LogP contribution in [0, 0.1) is 19.8 Å². The van der Waals surface area contributed by atoms with Crippen LogP contribution in [0.2, 0.25) is 0 Å². The van der Waals surface area contributed by atoms with Gasteiger partial charge in [0.1, 0.15) is 0 Å². The zero-order chi connectivity index (χ0) is 16.5. The summed E-state index contributed by atoms with van der Waals surface area (Å²) in [6.45, 7) is 10.7. The van der Waals surface area contributed by atoms with Crippen LogP contribution in [-0.2, 0) is 11.2 Å². The number of ketones is 1. The molecule has 0 aliphatic carbocycles. The van der Waals surface area contributed by atoms with Crippen LogP contribution in [0.4, 0.5) is 0 Å². The van der Waals surface area contributed by atoms with Crippen LogP contribution in [0.1, 0.15) is 69.6 Å². The monoisotopic (exact) mass is 300 g/mol. The van der Waals surface area contributed by atoms with E-state index < -0.39 is 0 Å². The van der Waals surface area contributed by atoms with Gasteiger partial charge in [0.25, 0.3) is 0 Å². The van der Waals surface area contributed by atoms with Crippen molar-refractivity contribution in [2.24, 2.45) is 5.92 Å². The Morgan fingerprint density at radius 2 is 1.55 bits per heavy atom. The third kappa shape index (κ3) is 6.17. The van der Waals surface area contributed by atoms with E-state index in [1.54, 1.807) is 0 Å². The van der Waals surface area contributed by atoms with Gasteiger partial charge in [-0.2, -0.15) is 0 Å². The first-order valence-electron chi connectivity index (χ1n) is 8.80. The first-order chi connectivity index (χ1) is 10.5. The number of carbonyl (C=O) groups is 1. The van der Waals surface area contributed by atoms with E-state index in [2.05, 4.69) is 45.9 Å². The Morgan fingerprint density at radius 1 is 1.00 bits per heavy atom. The quantitative estimate of drug-likeness (QED) is 0.514. The Kier molecular flexibility index (Phi) is 8.16. The molecule has 0 aliphatic heterocycles. The molecule has 0 bridgehead atoms. The largest absolute Gasteiger partial charge is 0.295 e. The van der Waals surface area contributed by atoms with Gasteiger partial charge in [0.15, 0.2) is 5.78 Å². The van der Waals surface area contributed by atoms with Crippen molar-refractivity contribution in [3.8, 4) is 0 Å². The first kappa shape index (κ1) is 18.7. The average molecular weight is 300 g/mol.